The van der Waals surface area contributed by atoms with Crippen molar-refractivity contribution in [2.75, 3.05) is 19.0 Å². The molecule has 1 aromatic heterocycles. The molecule has 1 heterocycles. The maximum Gasteiger partial charge on any atom is 0.323 e. The molecule has 1 aromatic rings. The number of carbonyl (C=O) groups is 2. The highest BCUT2D eigenvalue weighted by Gasteiger charge is 2.23. The Labute approximate surface area is 110 Å². The Morgan fingerprint density at radius 1 is 1.50 bits per heavy atom. The van der Waals surface area contributed by atoms with Crippen molar-refractivity contribution in [1.82, 2.24) is 10.3 Å². The average molecular weight is 271 g/mol. The van der Waals surface area contributed by atoms with E-state index in [-0.39, 0.29) is 24.3 Å². The van der Waals surface area contributed by atoms with Gasteiger partial charge in [0.2, 0.25) is 5.91 Å². The van der Waals surface area contributed by atoms with Crippen LogP contribution in [0.1, 0.15) is 13.8 Å². The number of anilines is 1. The minimum absolute atomic E-state index is 0.0392. The van der Waals surface area contributed by atoms with Crippen molar-refractivity contribution in [3.63, 3.8) is 0 Å². The third kappa shape index (κ3) is 4.42. The number of aromatic nitrogens is 1. The number of carbonyl (C=O) groups excluding carboxylic acids is 2. The van der Waals surface area contributed by atoms with Crippen LogP contribution >= 0.6 is 11.3 Å². The highest BCUT2D eigenvalue weighted by molar-refractivity contribution is 7.13. The summed E-state index contributed by atoms with van der Waals surface area (Å²) in [6.45, 7) is 3.80. The van der Waals surface area contributed by atoms with Crippen molar-refractivity contribution in [3.05, 3.63) is 11.6 Å². The van der Waals surface area contributed by atoms with Gasteiger partial charge in [-0.15, -0.1) is 11.3 Å². The highest BCUT2D eigenvalue weighted by Crippen LogP contribution is 2.09. The van der Waals surface area contributed by atoms with Gasteiger partial charge in [0, 0.05) is 11.6 Å². The zero-order valence-electron chi connectivity index (χ0n) is 10.6. The Morgan fingerprint density at radius 2 is 2.22 bits per heavy atom. The maximum absolute atomic E-state index is 11.6. The van der Waals surface area contributed by atoms with Crippen molar-refractivity contribution >= 4 is 28.3 Å². The van der Waals surface area contributed by atoms with Crippen LogP contribution in [-0.2, 0) is 14.3 Å². The predicted molar refractivity (Wildman–Crippen MR) is 69.4 cm³/mol. The lowest BCUT2D eigenvalue weighted by molar-refractivity contribution is -0.144. The molecule has 0 aliphatic heterocycles. The van der Waals surface area contributed by atoms with E-state index in [0.29, 0.717) is 5.13 Å². The van der Waals surface area contributed by atoms with Gasteiger partial charge in [0.15, 0.2) is 5.13 Å². The summed E-state index contributed by atoms with van der Waals surface area (Å²) in [7, 11) is 1.33. The number of nitrogens with one attached hydrogen (secondary N) is 2. The summed E-state index contributed by atoms with van der Waals surface area (Å²) in [5.41, 5.74) is 0. The molecule has 0 saturated heterocycles. The van der Waals surface area contributed by atoms with Crippen LogP contribution in [0.25, 0.3) is 0 Å². The van der Waals surface area contributed by atoms with Crippen molar-refractivity contribution in [1.29, 1.82) is 0 Å². The van der Waals surface area contributed by atoms with E-state index in [4.69, 9.17) is 0 Å². The van der Waals surface area contributed by atoms with E-state index < -0.39 is 6.04 Å². The van der Waals surface area contributed by atoms with Crippen LogP contribution in [0.15, 0.2) is 11.6 Å². The molecule has 6 nitrogen and oxygen atoms in total. The second-order valence-corrected chi connectivity index (χ2v) is 4.91. The van der Waals surface area contributed by atoms with E-state index in [2.05, 4.69) is 20.4 Å². The first-order chi connectivity index (χ1) is 8.54. The third-order valence-electron chi connectivity index (χ3n) is 2.28. The molecule has 2 N–H and O–H groups in total. The number of thiazole rings is 1. The molecular formula is C11H17N3O3S. The first-order valence-corrected chi connectivity index (χ1v) is 6.43. The lowest BCUT2D eigenvalue weighted by Crippen LogP contribution is -2.45. The monoisotopic (exact) mass is 271 g/mol. The molecule has 0 aromatic carbocycles. The Hall–Kier alpha value is -1.47. The van der Waals surface area contributed by atoms with E-state index in [9.17, 15) is 9.59 Å². The van der Waals surface area contributed by atoms with Crippen molar-refractivity contribution in [3.8, 4) is 0 Å². The van der Waals surface area contributed by atoms with Gasteiger partial charge in [-0.2, -0.15) is 0 Å². The number of rotatable bonds is 6. The van der Waals surface area contributed by atoms with E-state index in [1.807, 2.05) is 13.8 Å². The van der Waals surface area contributed by atoms with E-state index in [1.54, 1.807) is 11.6 Å². The molecule has 1 unspecified atom stereocenters. The predicted octanol–water partition coefficient (Wildman–Crippen LogP) is 0.869. The second-order valence-electron chi connectivity index (χ2n) is 4.01. The Balaban J connectivity index is 2.42. The van der Waals surface area contributed by atoms with Gasteiger partial charge in [-0.3, -0.25) is 14.9 Å². The molecule has 0 fully saturated rings. The normalized spacial score (nSPS) is 12.2. The Bertz CT molecular complexity index is 392. The summed E-state index contributed by atoms with van der Waals surface area (Å²) in [5, 5.41) is 7.81. The van der Waals surface area contributed by atoms with E-state index in [1.165, 1.54) is 18.4 Å². The lowest BCUT2D eigenvalue weighted by atomic mass is 10.0. The largest absolute Gasteiger partial charge is 0.468 e. The van der Waals surface area contributed by atoms with Crippen molar-refractivity contribution in [2.24, 2.45) is 5.92 Å². The van der Waals surface area contributed by atoms with Gasteiger partial charge in [0.05, 0.1) is 13.7 Å². The van der Waals surface area contributed by atoms with Gasteiger partial charge in [0.1, 0.15) is 6.04 Å². The molecule has 1 atom stereocenters. The number of ether oxygens (including phenoxy) is 1. The lowest BCUT2D eigenvalue weighted by Gasteiger charge is -2.19. The molecular weight excluding hydrogens is 254 g/mol. The van der Waals surface area contributed by atoms with Gasteiger partial charge >= 0.3 is 5.97 Å². The molecule has 0 bridgehead atoms. The third-order valence-corrected chi connectivity index (χ3v) is 2.97. The Kier molecular flexibility index (Phi) is 5.73. The topological polar surface area (TPSA) is 80.3 Å². The first-order valence-electron chi connectivity index (χ1n) is 5.55. The molecule has 100 valence electrons. The summed E-state index contributed by atoms with van der Waals surface area (Å²) < 4.78 is 4.67. The maximum atomic E-state index is 11.6. The van der Waals surface area contributed by atoms with Crippen LogP contribution in [0.2, 0.25) is 0 Å². The molecule has 0 spiro atoms. The summed E-state index contributed by atoms with van der Waals surface area (Å²) in [4.78, 5) is 27.0. The quantitative estimate of drug-likeness (QED) is 0.750. The number of amides is 1. The number of hydrogen-bond acceptors (Lipinski definition) is 6. The average Bonchev–Trinajstić information content (AvgIpc) is 2.81. The molecule has 0 radical (unpaired) electrons. The first kappa shape index (κ1) is 14.6. The highest BCUT2D eigenvalue weighted by atomic mass is 32.1. The minimum atomic E-state index is -0.489. The minimum Gasteiger partial charge on any atom is -0.468 e. The van der Waals surface area contributed by atoms with Gasteiger partial charge in [-0.25, -0.2) is 4.98 Å². The van der Waals surface area contributed by atoms with E-state index >= 15 is 0 Å². The second kappa shape index (κ2) is 7.07. The van der Waals surface area contributed by atoms with Crippen LogP contribution in [0.3, 0.4) is 0 Å². The van der Waals surface area contributed by atoms with E-state index in [0.717, 1.165) is 0 Å². The molecule has 0 saturated carbocycles. The molecule has 0 aliphatic carbocycles. The molecule has 7 heteroatoms. The Morgan fingerprint density at radius 3 is 2.72 bits per heavy atom. The van der Waals surface area contributed by atoms with Crippen LogP contribution < -0.4 is 10.6 Å². The van der Waals surface area contributed by atoms with Gasteiger partial charge in [-0.1, -0.05) is 13.8 Å². The smallest absolute Gasteiger partial charge is 0.323 e. The fourth-order valence-electron chi connectivity index (χ4n) is 1.37. The number of esters is 1. The zero-order chi connectivity index (χ0) is 13.5. The summed E-state index contributed by atoms with van der Waals surface area (Å²) in [5.74, 6) is -0.559. The fourth-order valence-corrected chi connectivity index (χ4v) is 1.91. The fraction of sp³-hybridized carbons (Fsp3) is 0.545. The molecule has 1 amide bonds. The van der Waals surface area contributed by atoms with Gasteiger partial charge < -0.3 is 10.1 Å². The summed E-state index contributed by atoms with van der Waals surface area (Å²) in [6.07, 6.45) is 1.61. The SMILES string of the molecule is COC(=O)C(NCC(=O)Nc1nccs1)C(C)C. The van der Waals surface area contributed by atoms with Gasteiger partial charge in [-0.05, 0) is 5.92 Å². The van der Waals surface area contributed by atoms with Crippen LogP contribution in [0.4, 0.5) is 5.13 Å². The van der Waals surface area contributed by atoms with Crippen molar-refractivity contribution in [2.45, 2.75) is 19.9 Å². The number of nitrogens with zero attached hydrogens (tertiary/aromatic N) is 1. The van der Waals surface area contributed by atoms with Crippen LogP contribution in [0.5, 0.6) is 0 Å². The summed E-state index contributed by atoms with van der Waals surface area (Å²) >= 11 is 1.34. The molecule has 18 heavy (non-hydrogen) atoms. The van der Waals surface area contributed by atoms with Crippen LogP contribution in [-0.4, -0.2) is 36.6 Å². The van der Waals surface area contributed by atoms with Gasteiger partial charge in [0.25, 0.3) is 0 Å². The molecule has 0 aliphatic rings. The summed E-state index contributed by atoms with van der Waals surface area (Å²) in [6, 6.07) is -0.489. The number of hydrogen-bond donors (Lipinski definition) is 2. The van der Waals surface area contributed by atoms with Crippen molar-refractivity contribution < 1.29 is 14.3 Å². The number of methoxy groups -OCH3 is 1. The standard InChI is InChI=1S/C11H17N3O3S/c1-7(2)9(10(16)17-3)13-6-8(15)14-11-12-4-5-18-11/h4-5,7,9,13H,6H2,1-3H3,(H,12,14,15). The zero-order valence-corrected chi connectivity index (χ0v) is 11.4. The van der Waals surface area contributed by atoms with Crippen LogP contribution in [0, 0.1) is 5.92 Å². The molecule has 1 rings (SSSR count).